The molecular weight excluding hydrogens is 379 g/mol. The maximum atomic E-state index is 13.7. The topological polar surface area (TPSA) is 57.1 Å². The number of hydrogen-bond acceptors (Lipinski definition) is 5. The third-order valence-corrected chi connectivity index (χ3v) is 7.05. The number of rotatable bonds is 4. The lowest BCUT2D eigenvalue weighted by Crippen LogP contribution is -2.45. The Kier molecular flexibility index (Phi) is 4.76. The molecule has 1 saturated heterocycles. The van der Waals surface area contributed by atoms with Crippen molar-refractivity contribution in [1.29, 1.82) is 0 Å². The number of hydrogen-bond donors (Lipinski definition) is 1. The van der Waals surface area contributed by atoms with Crippen LogP contribution in [-0.4, -0.2) is 58.0 Å². The summed E-state index contributed by atoms with van der Waals surface area (Å²) in [5.41, 5.74) is 1.07. The third-order valence-electron chi connectivity index (χ3n) is 5.21. The molecule has 0 atom stereocenters. The van der Waals surface area contributed by atoms with Crippen molar-refractivity contribution < 1.29 is 12.8 Å². The number of fused-ring (bicyclic) bond motifs is 1. The van der Waals surface area contributed by atoms with E-state index < -0.39 is 15.7 Å². The molecule has 0 bridgehead atoms. The van der Waals surface area contributed by atoms with Gasteiger partial charge in [-0.3, -0.25) is 4.40 Å². The van der Waals surface area contributed by atoms with Gasteiger partial charge in [-0.2, -0.15) is 0 Å². The van der Waals surface area contributed by atoms with E-state index in [0.717, 1.165) is 38.1 Å². The summed E-state index contributed by atoms with van der Waals surface area (Å²) in [5.74, 6) is 0.372. The number of aromatic nitrogens is 1. The lowest BCUT2D eigenvalue weighted by Gasteiger charge is -2.34. The van der Waals surface area contributed by atoms with Crippen LogP contribution in [0.25, 0.3) is 5.52 Å². The van der Waals surface area contributed by atoms with E-state index in [1.165, 1.54) is 18.2 Å². The Hall–Kier alpha value is -2.58. The fourth-order valence-corrected chi connectivity index (χ4v) is 5.31. The van der Waals surface area contributed by atoms with Gasteiger partial charge in [-0.05, 0) is 37.4 Å². The molecule has 3 aromatic rings. The predicted octanol–water partition coefficient (Wildman–Crippen LogP) is 2.70. The summed E-state index contributed by atoms with van der Waals surface area (Å²) in [4.78, 5) is 4.63. The molecular formula is C20H23FN4O2S. The molecule has 6 nitrogen and oxygen atoms in total. The molecule has 1 aliphatic heterocycles. The second kappa shape index (κ2) is 7.10. The number of nitrogens with zero attached hydrogens (tertiary/aromatic N) is 3. The highest BCUT2D eigenvalue weighted by Crippen LogP contribution is 2.35. The Balaban J connectivity index is 1.89. The van der Waals surface area contributed by atoms with Crippen molar-refractivity contribution in [1.82, 2.24) is 9.30 Å². The summed E-state index contributed by atoms with van der Waals surface area (Å²) in [7, 11) is -0.111. The largest absolute Gasteiger partial charge is 0.386 e. The van der Waals surface area contributed by atoms with E-state index in [1.54, 1.807) is 19.3 Å². The van der Waals surface area contributed by atoms with Crippen LogP contribution in [0.4, 0.5) is 15.9 Å². The maximum absolute atomic E-state index is 13.7. The van der Waals surface area contributed by atoms with E-state index in [1.807, 2.05) is 16.5 Å². The van der Waals surface area contributed by atoms with Gasteiger partial charge < -0.3 is 15.1 Å². The van der Waals surface area contributed by atoms with E-state index in [2.05, 4.69) is 22.2 Å². The first-order valence-corrected chi connectivity index (χ1v) is 10.7. The van der Waals surface area contributed by atoms with Crippen molar-refractivity contribution in [3.63, 3.8) is 0 Å². The van der Waals surface area contributed by atoms with Gasteiger partial charge in [0.1, 0.15) is 16.5 Å². The highest BCUT2D eigenvalue weighted by molar-refractivity contribution is 7.91. The van der Waals surface area contributed by atoms with Crippen molar-refractivity contribution >= 4 is 26.9 Å². The normalized spacial score (nSPS) is 15.9. The van der Waals surface area contributed by atoms with Gasteiger partial charge in [0, 0.05) is 39.4 Å². The Labute approximate surface area is 164 Å². The summed E-state index contributed by atoms with van der Waals surface area (Å²) < 4.78 is 42.2. The predicted molar refractivity (Wildman–Crippen MR) is 109 cm³/mol. The third kappa shape index (κ3) is 3.12. The van der Waals surface area contributed by atoms with Gasteiger partial charge in [-0.1, -0.05) is 12.1 Å². The summed E-state index contributed by atoms with van der Waals surface area (Å²) >= 11 is 0. The molecule has 3 heterocycles. The highest BCUT2D eigenvalue weighted by Gasteiger charge is 2.28. The van der Waals surface area contributed by atoms with Crippen LogP contribution in [0.5, 0.6) is 0 Å². The Bertz CT molecular complexity index is 1120. The van der Waals surface area contributed by atoms with Crippen LogP contribution in [0.2, 0.25) is 0 Å². The van der Waals surface area contributed by atoms with E-state index in [-0.39, 0.29) is 9.79 Å². The zero-order chi connectivity index (χ0) is 19.9. The Morgan fingerprint density at radius 1 is 1.04 bits per heavy atom. The number of pyridine rings is 1. The van der Waals surface area contributed by atoms with Crippen LogP contribution in [-0.2, 0) is 9.84 Å². The first-order chi connectivity index (χ1) is 13.4. The van der Waals surface area contributed by atoms with Crippen molar-refractivity contribution in [3.05, 3.63) is 54.5 Å². The minimum absolute atomic E-state index is 0.0536. The van der Waals surface area contributed by atoms with Crippen LogP contribution in [0, 0.1) is 5.82 Å². The second-order valence-corrected chi connectivity index (χ2v) is 8.90. The van der Waals surface area contributed by atoms with Crippen molar-refractivity contribution in [2.75, 3.05) is 50.5 Å². The molecule has 2 aromatic heterocycles. The molecule has 0 aliphatic carbocycles. The van der Waals surface area contributed by atoms with Gasteiger partial charge in [-0.15, -0.1) is 0 Å². The number of anilines is 2. The zero-order valence-electron chi connectivity index (χ0n) is 15.9. The smallest absolute Gasteiger partial charge is 0.210 e. The molecule has 0 unspecified atom stereocenters. The van der Waals surface area contributed by atoms with Crippen LogP contribution in [0.1, 0.15) is 0 Å². The molecule has 0 radical (unpaired) electrons. The van der Waals surface area contributed by atoms with Gasteiger partial charge in [0.2, 0.25) is 9.84 Å². The summed E-state index contributed by atoms with van der Waals surface area (Å²) in [6, 6.07) is 10.8. The monoisotopic (exact) mass is 402 g/mol. The molecule has 1 aromatic carbocycles. The number of sulfone groups is 1. The Morgan fingerprint density at radius 2 is 1.75 bits per heavy atom. The molecule has 8 heteroatoms. The lowest BCUT2D eigenvalue weighted by molar-refractivity contribution is 0.312. The summed E-state index contributed by atoms with van der Waals surface area (Å²) in [5, 5.41) is 2.99. The molecule has 1 aliphatic rings. The Morgan fingerprint density at radius 3 is 2.43 bits per heavy atom. The first-order valence-electron chi connectivity index (χ1n) is 9.18. The van der Waals surface area contributed by atoms with Gasteiger partial charge in [0.25, 0.3) is 0 Å². The number of likely N-dealkylation sites (N-methyl/N-ethyl adjacent to an activating group) is 1. The molecule has 1 fully saturated rings. The number of halogens is 1. The quantitative estimate of drug-likeness (QED) is 0.727. The van der Waals surface area contributed by atoms with Gasteiger partial charge >= 0.3 is 0 Å². The molecule has 28 heavy (non-hydrogen) atoms. The molecule has 1 N–H and O–H groups in total. The van der Waals surface area contributed by atoms with Gasteiger partial charge in [0.05, 0.1) is 16.1 Å². The highest BCUT2D eigenvalue weighted by atomic mass is 32.2. The lowest BCUT2D eigenvalue weighted by atomic mass is 10.3. The van der Waals surface area contributed by atoms with Crippen LogP contribution < -0.4 is 10.2 Å². The van der Waals surface area contributed by atoms with Crippen LogP contribution in [0.15, 0.2) is 58.5 Å². The summed E-state index contributed by atoms with van der Waals surface area (Å²) in [6.07, 6.45) is 1.80. The fourth-order valence-electron chi connectivity index (χ4n) is 3.66. The average Bonchev–Trinajstić information content (AvgIpc) is 3.08. The number of nitrogens with one attached hydrogen (secondary N) is 1. The van der Waals surface area contributed by atoms with E-state index in [0.29, 0.717) is 11.2 Å². The summed E-state index contributed by atoms with van der Waals surface area (Å²) in [6.45, 7) is 3.64. The first kappa shape index (κ1) is 18.8. The maximum Gasteiger partial charge on any atom is 0.210 e. The molecule has 4 rings (SSSR count). The van der Waals surface area contributed by atoms with Gasteiger partial charge in [0.15, 0.2) is 0 Å². The van der Waals surface area contributed by atoms with E-state index >= 15 is 0 Å². The average molecular weight is 402 g/mol. The SMILES string of the molecule is CNc1cn2c(N3CCN(C)CC3)cccc2c1S(=O)(=O)c1cccc(F)c1. The standard InChI is InChI=1S/C20H23FN4O2S/c1-22-17-14-25-18(7-4-8-19(25)24-11-9-23(2)10-12-24)20(17)28(26,27)16-6-3-5-15(21)13-16/h3-8,13-14,22H,9-12H2,1-2H3. The second-order valence-electron chi connectivity index (χ2n) is 7.01. The minimum atomic E-state index is -3.89. The van der Waals surface area contributed by atoms with Crippen LogP contribution in [0.3, 0.4) is 0 Å². The van der Waals surface area contributed by atoms with Crippen molar-refractivity contribution in [3.8, 4) is 0 Å². The molecule has 0 amide bonds. The van der Waals surface area contributed by atoms with Crippen molar-refractivity contribution in [2.45, 2.75) is 9.79 Å². The zero-order valence-corrected chi connectivity index (χ0v) is 16.7. The number of benzene rings is 1. The van der Waals surface area contributed by atoms with Gasteiger partial charge in [-0.25, -0.2) is 12.8 Å². The number of piperazine rings is 1. The fraction of sp³-hybridized carbons (Fsp3) is 0.300. The molecule has 148 valence electrons. The van der Waals surface area contributed by atoms with E-state index in [9.17, 15) is 12.8 Å². The minimum Gasteiger partial charge on any atom is -0.386 e. The molecule has 0 spiro atoms. The van der Waals surface area contributed by atoms with Crippen LogP contribution >= 0.6 is 0 Å². The van der Waals surface area contributed by atoms with E-state index in [4.69, 9.17) is 0 Å². The van der Waals surface area contributed by atoms with Crippen molar-refractivity contribution in [2.24, 2.45) is 0 Å². The molecule has 0 saturated carbocycles.